The molecular formula is C24H35N3O5. The number of carbonyl (C=O) groups is 3. The first-order valence-corrected chi connectivity index (χ1v) is 11.3. The van der Waals surface area contributed by atoms with Crippen LogP contribution in [-0.4, -0.2) is 49.0 Å². The van der Waals surface area contributed by atoms with Gasteiger partial charge in [0.25, 0.3) is 5.91 Å². The second-order valence-electron chi connectivity index (χ2n) is 9.47. The molecule has 1 aromatic carbocycles. The molecule has 0 bridgehead atoms. The smallest absolute Gasteiger partial charge is 0.325 e. The number of nitrogens with one attached hydrogen (secondary N) is 2. The number of ether oxygens (including phenoxy) is 2. The maximum Gasteiger partial charge on any atom is 0.325 e. The highest BCUT2D eigenvalue weighted by Crippen LogP contribution is 2.45. The van der Waals surface area contributed by atoms with Crippen molar-refractivity contribution in [3.8, 4) is 11.5 Å². The summed E-state index contributed by atoms with van der Waals surface area (Å²) in [6.07, 6.45) is 4.09. The van der Waals surface area contributed by atoms with Gasteiger partial charge in [0.1, 0.15) is 23.6 Å². The first kappa shape index (κ1) is 23.9. The fraction of sp³-hybridized carbons (Fsp3) is 0.625. The molecule has 1 heterocycles. The Balaban J connectivity index is 1.60. The van der Waals surface area contributed by atoms with E-state index in [-0.39, 0.29) is 24.4 Å². The first-order chi connectivity index (χ1) is 15.2. The van der Waals surface area contributed by atoms with Gasteiger partial charge in [0, 0.05) is 12.1 Å². The average molecular weight is 446 g/mol. The van der Waals surface area contributed by atoms with Crippen LogP contribution in [-0.2, 0) is 16.1 Å². The Morgan fingerprint density at radius 1 is 1.22 bits per heavy atom. The third-order valence-corrected chi connectivity index (χ3v) is 7.37. The van der Waals surface area contributed by atoms with Crippen LogP contribution >= 0.6 is 0 Å². The molecule has 0 radical (unpaired) electrons. The average Bonchev–Trinajstić information content (AvgIpc) is 3.01. The summed E-state index contributed by atoms with van der Waals surface area (Å²) in [5.74, 6) is 1.10. The minimum Gasteiger partial charge on any atom is -0.497 e. The molecule has 8 nitrogen and oxygen atoms in total. The van der Waals surface area contributed by atoms with Crippen LogP contribution in [0, 0.1) is 11.3 Å². The van der Waals surface area contributed by atoms with Crippen molar-refractivity contribution < 1.29 is 23.9 Å². The van der Waals surface area contributed by atoms with Gasteiger partial charge >= 0.3 is 6.03 Å². The zero-order chi connectivity index (χ0) is 23.5. The van der Waals surface area contributed by atoms with E-state index in [0.717, 1.165) is 29.7 Å². The van der Waals surface area contributed by atoms with Crippen LogP contribution in [0.1, 0.15) is 58.4 Å². The van der Waals surface area contributed by atoms with E-state index in [1.54, 1.807) is 32.4 Å². The van der Waals surface area contributed by atoms with Crippen LogP contribution in [0.25, 0.3) is 0 Å². The topological polar surface area (TPSA) is 97.0 Å². The number of rotatable bonds is 8. The lowest BCUT2D eigenvalue weighted by Gasteiger charge is -2.42. The van der Waals surface area contributed by atoms with Gasteiger partial charge in [-0.05, 0) is 55.2 Å². The van der Waals surface area contributed by atoms with Crippen molar-refractivity contribution in [2.24, 2.45) is 11.3 Å². The van der Waals surface area contributed by atoms with Crippen molar-refractivity contribution in [2.75, 3.05) is 20.8 Å². The lowest BCUT2D eigenvalue weighted by Crippen LogP contribution is -2.51. The lowest BCUT2D eigenvalue weighted by molar-refractivity contribution is -0.136. The summed E-state index contributed by atoms with van der Waals surface area (Å²) in [7, 11) is 3.12. The predicted molar refractivity (Wildman–Crippen MR) is 120 cm³/mol. The number of nitrogens with zero attached hydrogens (tertiary/aromatic N) is 1. The van der Waals surface area contributed by atoms with E-state index in [2.05, 4.69) is 31.4 Å². The van der Waals surface area contributed by atoms with Crippen molar-refractivity contribution in [1.82, 2.24) is 15.5 Å². The molecule has 0 unspecified atom stereocenters. The van der Waals surface area contributed by atoms with E-state index in [0.29, 0.717) is 30.3 Å². The Morgan fingerprint density at radius 3 is 2.50 bits per heavy atom. The number of benzene rings is 1. The van der Waals surface area contributed by atoms with E-state index in [4.69, 9.17) is 9.47 Å². The second kappa shape index (κ2) is 9.38. The molecule has 1 saturated carbocycles. The van der Waals surface area contributed by atoms with Gasteiger partial charge in [-0.2, -0.15) is 0 Å². The van der Waals surface area contributed by atoms with Crippen LogP contribution in [0.15, 0.2) is 18.2 Å². The quantitative estimate of drug-likeness (QED) is 0.599. The number of urea groups is 1. The van der Waals surface area contributed by atoms with E-state index < -0.39 is 17.5 Å². The summed E-state index contributed by atoms with van der Waals surface area (Å²) < 4.78 is 10.5. The maximum atomic E-state index is 13.1. The Bertz CT molecular complexity index is 874. The fourth-order valence-electron chi connectivity index (χ4n) is 4.75. The van der Waals surface area contributed by atoms with Crippen LogP contribution in [0.2, 0.25) is 0 Å². The minimum atomic E-state index is -0.867. The molecule has 2 fully saturated rings. The van der Waals surface area contributed by atoms with E-state index in [9.17, 15) is 14.4 Å². The Morgan fingerprint density at radius 2 is 1.91 bits per heavy atom. The molecule has 1 aromatic rings. The number of hydrogen-bond acceptors (Lipinski definition) is 5. The summed E-state index contributed by atoms with van der Waals surface area (Å²) in [6, 6.07) is 4.82. The molecule has 2 aliphatic rings. The third-order valence-electron chi connectivity index (χ3n) is 7.37. The Hall–Kier alpha value is -2.77. The molecule has 32 heavy (non-hydrogen) atoms. The molecular weight excluding hydrogens is 410 g/mol. The highest BCUT2D eigenvalue weighted by Gasteiger charge is 2.53. The van der Waals surface area contributed by atoms with Gasteiger partial charge in [-0.1, -0.05) is 27.2 Å². The molecule has 8 heteroatoms. The van der Waals surface area contributed by atoms with Crippen molar-refractivity contribution in [1.29, 1.82) is 0 Å². The first-order valence-electron chi connectivity index (χ1n) is 11.3. The molecule has 1 aliphatic carbocycles. The fourth-order valence-corrected chi connectivity index (χ4v) is 4.75. The maximum absolute atomic E-state index is 13.1. The number of methoxy groups -OCH3 is 2. The largest absolute Gasteiger partial charge is 0.497 e. The van der Waals surface area contributed by atoms with Crippen molar-refractivity contribution in [3.05, 3.63) is 23.8 Å². The van der Waals surface area contributed by atoms with Gasteiger partial charge in [0.15, 0.2) is 0 Å². The number of amides is 4. The minimum absolute atomic E-state index is 0.196. The summed E-state index contributed by atoms with van der Waals surface area (Å²) >= 11 is 0. The molecule has 0 atom stereocenters. The van der Waals surface area contributed by atoms with E-state index in [1.165, 1.54) is 0 Å². The van der Waals surface area contributed by atoms with Gasteiger partial charge in [0.2, 0.25) is 5.91 Å². The van der Waals surface area contributed by atoms with Crippen LogP contribution < -0.4 is 20.1 Å². The third kappa shape index (κ3) is 4.69. The van der Waals surface area contributed by atoms with Crippen LogP contribution in [0.5, 0.6) is 11.5 Å². The molecule has 1 saturated heterocycles. The number of hydrogen-bond donors (Lipinski definition) is 2. The van der Waals surface area contributed by atoms with E-state index >= 15 is 0 Å². The van der Waals surface area contributed by atoms with Crippen LogP contribution in [0.4, 0.5) is 4.79 Å². The Labute approximate surface area is 190 Å². The van der Waals surface area contributed by atoms with Crippen molar-refractivity contribution >= 4 is 17.8 Å². The molecule has 3 rings (SSSR count). The lowest BCUT2D eigenvalue weighted by atomic mass is 9.65. The van der Waals surface area contributed by atoms with Crippen LogP contribution in [0.3, 0.4) is 0 Å². The Kier molecular flexibility index (Phi) is 7.00. The van der Waals surface area contributed by atoms with Gasteiger partial charge in [-0.15, -0.1) is 0 Å². The monoisotopic (exact) mass is 445 g/mol. The summed E-state index contributed by atoms with van der Waals surface area (Å²) in [5, 5.41) is 5.66. The van der Waals surface area contributed by atoms with Crippen molar-refractivity contribution in [2.45, 2.75) is 65.0 Å². The van der Waals surface area contributed by atoms with Gasteiger partial charge < -0.3 is 20.1 Å². The molecule has 0 aromatic heterocycles. The molecule has 2 N–H and O–H groups in total. The standard InChI is InChI=1S/C24H35N3O5/c1-6-23(2,3)17-9-11-24(12-10-17)21(29)27(22(30)26-24)15-20(28)25-14-16-13-18(31-4)7-8-19(16)32-5/h7-8,13,17H,6,9-12,14-15H2,1-5H3,(H,25,28)(H,26,30). The van der Waals surface area contributed by atoms with Gasteiger partial charge in [-0.25, -0.2) is 4.79 Å². The highest BCUT2D eigenvalue weighted by atomic mass is 16.5. The van der Waals surface area contributed by atoms with Gasteiger partial charge in [-0.3, -0.25) is 14.5 Å². The summed E-state index contributed by atoms with van der Waals surface area (Å²) in [4.78, 5) is 39.3. The zero-order valence-electron chi connectivity index (χ0n) is 19.7. The molecule has 176 valence electrons. The molecule has 4 amide bonds. The number of imide groups is 1. The number of carbonyl (C=O) groups excluding carboxylic acids is 3. The molecule has 1 aliphatic heterocycles. The highest BCUT2D eigenvalue weighted by molar-refractivity contribution is 6.09. The van der Waals surface area contributed by atoms with E-state index in [1.807, 2.05) is 0 Å². The normalized spacial score (nSPS) is 23.3. The zero-order valence-corrected chi connectivity index (χ0v) is 19.7. The molecule has 1 spiro atoms. The van der Waals surface area contributed by atoms with Gasteiger partial charge in [0.05, 0.1) is 14.2 Å². The SMILES string of the molecule is CCC(C)(C)C1CCC2(CC1)NC(=O)N(CC(=O)NCc1cc(OC)ccc1OC)C2=O. The second-order valence-corrected chi connectivity index (χ2v) is 9.47. The summed E-state index contributed by atoms with van der Waals surface area (Å²) in [5.41, 5.74) is 0.0903. The predicted octanol–water partition coefficient (Wildman–Crippen LogP) is 3.24. The van der Waals surface area contributed by atoms with Crippen molar-refractivity contribution in [3.63, 3.8) is 0 Å². The summed E-state index contributed by atoms with van der Waals surface area (Å²) in [6.45, 7) is 6.61.